The minimum absolute atomic E-state index is 0. The van der Waals surface area contributed by atoms with Crippen molar-refractivity contribution in [1.82, 2.24) is 10.2 Å². The van der Waals surface area contributed by atoms with Crippen LogP contribution >= 0.6 is 12.4 Å². The number of halogens is 1. The van der Waals surface area contributed by atoms with E-state index < -0.39 is 0 Å². The van der Waals surface area contributed by atoms with E-state index in [4.69, 9.17) is 4.74 Å². The Bertz CT molecular complexity index is 625. The van der Waals surface area contributed by atoms with Crippen LogP contribution in [0.2, 0.25) is 0 Å². The van der Waals surface area contributed by atoms with Gasteiger partial charge in [0.15, 0.2) is 0 Å². The van der Waals surface area contributed by atoms with Gasteiger partial charge in [-0.3, -0.25) is 4.79 Å². The molecule has 0 aliphatic carbocycles. The SMILES string of the molecule is CN(C(=O)c1ccc(Oc2ccccc2)cc1)C1CCNC1.Cl. The second kappa shape index (κ2) is 7.99. The van der Waals surface area contributed by atoms with Crippen LogP contribution in [-0.4, -0.2) is 37.0 Å². The second-order valence-electron chi connectivity index (χ2n) is 5.50. The summed E-state index contributed by atoms with van der Waals surface area (Å²) in [4.78, 5) is 14.3. The number of carbonyl (C=O) groups excluding carboxylic acids is 1. The lowest BCUT2D eigenvalue weighted by Gasteiger charge is -2.23. The highest BCUT2D eigenvalue weighted by Gasteiger charge is 2.23. The molecule has 1 amide bonds. The fourth-order valence-corrected chi connectivity index (χ4v) is 2.63. The Morgan fingerprint density at radius 1 is 1.09 bits per heavy atom. The maximum atomic E-state index is 12.5. The van der Waals surface area contributed by atoms with Gasteiger partial charge in [0.05, 0.1) is 0 Å². The predicted octanol–water partition coefficient (Wildman–Crippen LogP) is 3.33. The van der Waals surface area contributed by atoms with Crippen LogP contribution in [0.1, 0.15) is 16.8 Å². The number of likely N-dealkylation sites (N-methyl/N-ethyl adjacent to an activating group) is 1. The number of hydrogen-bond donors (Lipinski definition) is 1. The first-order valence-electron chi connectivity index (χ1n) is 7.55. The van der Waals surface area contributed by atoms with E-state index in [1.807, 2.05) is 66.5 Å². The maximum Gasteiger partial charge on any atom is 0.253 e. The summed E-state index contributed by atoms with van der Waals surface area (Å²) in [6.07, 6.45) is 1.01. The van der Waals surface area contributed by atoms with Gasteiger partial charge in [-0.2, -0.15) is 0 Å². The standard InChI is InChI=1S/C18H20N2O2.ClH/c1-20(15-11-12-19-13-15)18(21)14-7-9-17(10-8-14)22-16-5-3-2-4-6-16;/h2-10,15,19H,11-13H2,1H3;1H. The van der Waals surface area contributed by atoms with Crippen molar-refractivity contribution >= 4 is 18.3 Å². The van der Waals surface area contributed by atoms with Crippen LogP contribution in [0.3, 0.4) is 0 Å². The van der Waals surface area contributed by atoms with Crippen molar-refractivity contribution in [2.75, 3.05) is 20.1 Å². The second-order valence-corrected chi connectivity index (χ2v) is 5.50. The van der Waals surface area contributed by atoms with Gasteiger partial charge in [-0.15, -0.1) is 12.4 Å². The number of ether oxygens (including phenoxy) is 1. The van der Waals surface area contributed by atoms with Gasteiger partial charge in [0.25, 0.3) is 5.91 Å². The van der Waals surface area contributed by atoms with Crippen molar-refractivity contribution in [3.05, 3.63) is 60.2 Å². The van der Waals surface area contributed by atoms with E-state index in [-0.39, 0.29) is 24.4 Å². The first-order valence-corrected chi connectivity index (χ1v) is 7.55. The molecule has 122 valence electrons. The molecule has 4 nitrogen and oxygen atoms in total. The van der Waals surface area contributed by atoms with E-state index in [1.54, 1.807) is 0 Å². The van der Waals surface area contributed by atoms with E-state index in [1.165, 1.54) is 0 Å². The van der Waals surface area contributed by atoms with Crippen LogP contribution in [0.15, 0.2) is 54.6 Å². The van der Waals surface area contributed by atoms with Crippen LogP contribution < -0.4 is 10.1 Å². The topological polar surface area (TPSA) is 41.6 Å². The molecule has 1 heterocycles. The van der Waals surface area contributed by atoms with Crippen molar-refractivity contribution in [2.45, 2.75) is 12.5 Å². The van der Waals surface area contributed by atoms with Gasteiger partial charge in [-0.1, -0.05) is 18.2 Å². The van der Waals surface area contributed by atoms with Gasteiger partial charge < -0.3 is 15.0 Å². The van der Waals surface area contributed by atoms with Crippen LogP contribution in [0, 0.1) is 0 Å². The highest BCUT2D eigenvalue weighted by Crippen LogP contribution is 2.22. The van der Waals surface area contributed by atoms with Crippen LogP contribution in [0.5, 0.6) is 11.5 Å². The molecule has 0 aromatic heterocycles. The Morgan fingerprint density at radius 2 is 1.74 bits per heavy atom. The molecule has 1 aliphatic heterocycles. The summed E-state index contributed by atoms with van der Waals surface area (Å²) in [7, 11) is 1.87. The van der Waals surface area contributed by atoms with E-state index in [0.717, 1.165) is 31.0 Å². The van der Waals surface area contributed by atoms with Crippen molar-refractivity contribution in [2.24, 2.45) is 0 Å². The number of benzene rings is 2. The molecule has 1 atom stereocenters. The van der Waals surface area contributed by atoms with Crippen LogP contribution in [-0.2, 0) is 0 Å². The minimum atomic E-state index is 0. The van der Waals surface area contributed by atoms with Crippen LogP contribution in [0.4, 0.5) is 0 Å². The smallest absolute Gasteiger partial charge is 0.253 e. The summed E-state index contributed by atoms with van der Waals surface area (Å²) in [5.74, 6) is 1.57. The fourth-order valence-electron chi connectivity index (χ4n) is 2.63. The highest BCUT2D eigenvalue weighted by atomic mass is 35.5. The summed E-state index contributed by atoms with van der Waals surface area (Å²) in [6.45, 7) is 1.85. The Hall–Kier alpha value is -2.04. The molecule has 5 heteroatoms. The monoisotopic (exact) mass is 332 g/mol. The molecule has 1 fully saturated rings. The van der Waals surface area contributed by atoms with Gasteiger partial charge >= 0.3 is 0 Å². The lowest BCUT2D eigenvalue weighted by Crippen LogP contribution is -2.38. The van der Waals surface area contributed by atoms with E-state index in [0.29, 0.717) is 5.56 Å². The van der Waals surface area contributed by atoms with Gasteiger partial charge in [0, 0.05) is 25.2 Å². The lowest BCUT2D eigenvalue weighted by molar-refractivity contribution is 0.0744. The minimum Gasteiger partial charge on any atom is -0.457 e. The molecule has 1 N–H and O–H groups in total. The summed E-state index contributed by atoms with van der Waals surface area (Å²) in [5, 5.41) is 3.28. The molecule has 1 aliphatic rings. The molecule has 23 heavy (non-hydrogen) atoms. The zero-order valence-electron chi connectivity index (χ0n) is 13.1. The average molecular weight is 333 g/mol. The average Bonchev–Trinajstić information content (AvgIpc) is 3.10. The molecule has 3 rings (SSSR count). The van der Waals surface area contributed by atoms with Crippen molar-refractivity contribution in [3.63, 3.8) is 0 Å². The van der Waals surface area contributed by atoms with Crippen molar-refractivity contribution in [3.8, 4) is 11.5 Å². The van der Waals surface area contributed by atoms with E-state index in [2.05, 4.69) is 5.32 Å². The number of nitrogens with one attached hydrogen (secondary N) is 1. The molecule has 0 saturated carbocycles. The highest BCUT2D eigenvalue weighted by molar-refractivity contribution is 5.94. The Labute approximate surface area is 142 Å². The maximum absolute atomic E-state index is 12.5. The predicted molar refractivity (Wildman–Crippen MR) is 93.6 cm³/mol. The molecule has 0 bridgehead atoms. The number of rotatable bonds is 4. The number of nitrogens with zero attached hydrogens (tertiary/aromatic N) is 1. The summed E-state index contributed by atoms with van der Waals surface area (Å²) < 4.78 is 5.74. The largest absolute Gasteiger partial charge is 0.457 e. The molecule has 2 aromatic rings. The number of hydrogen-bond acceptors (Lipinski definition) is 3. The third-order valence-corrected chi connectivity index (χ3v) is 3.98. The zero-order valence-corrected chi connectivity index (χ0v) is 13.9. The van der Waals surface area contributed by atoms with Crippen LogP contribution in [0.25, 0.3) is 0 Å². The third kappa shape index (κ3) is 4.24. The molecular formula is C18H21ClN2O2. The van der Waals surface area contributed by atoms with Gasteiger partial charge in [-0.05, 0) is 49.4 Å². The van der Waals surface area contributed by atoms with Crippen molar-refractivity contribution < 1.29 is 9.53 Å². The van der Waals surface area contributed by atoms with Gasteiger partial charge in [-0.25, -0.2) is 0 Å². The van der Waals surface area contributed by atoms with Gasteiger partial charge in [0.2, 0.25) is 0 Å². The number of para-hydroxylation sites is 1. The Morgan fingerprint density at radius 3 is 2.35 bits per heavy atom. The first-order chi connectivity index (χ1) is 10.7. The molecule has 0 radical (unpaired) electrons. The molecular weight excluding hydrogens is 312 g/mol. The quantitative estimate of drug-likeness (QED) is 0.933. The Kier molecular flexibility index (Phi) is 6.02. The molecule has 0 spiro atoms. The fraction of sp³-hybridized carbons (Fsp3) is 0.278. The molecule has 1 unspecified atom stereocenters. The van der Waals surface area contributed by atoms with Crippen molar-refractivity contribution in [1.29, 1.82) is 0 Å². The summed E-state index contributed by atoms with van der Waals surface area (Å²) >= 11 is 0. The summed E-state index contributed by atoms with van der Waals surface area (Å²) in [6, 6.07) is 17.2. The lowest BCUT2D eigenvalue weighted by atomic mass is 10.1. The Balaban J connectivity index is 0.00000192. The van der Waals surface area contributed by atoms with E-state index >= 15 is 0 Å². The molecule has 2 aromatic carbocycles. The summed E-state index contributed by atoms with van der Waals surface area (Å²) in [5.41, 5.74) is 0.690. The van der Waals surface area contributed by atoms with E-state index in [9.17, 15) is 4.79 Å². The third-order valence-electron chi connectivity index (χ3n) is 3.98. The first kappa shape index (κ1) is 17.3. The zero-order chi connectivity index (χ0) is 15.4. The van der Waals surface area contributed by atoms with Gasteiger partial charge in [0.1, 0.15) is 11.5 Å². The molecule has 1 saturated heterocycles. The number of carbonyl (C=O) groups is 1. The normalized spacial score (nSPS) is 16.5. The number of amides is 1.